The Bertz CT molecular complexity index is 1170. The van der Waals surface area contributed by atoms with Crippen molar-refractivity contribution in [1.82, 2.24) is 24.2 Å². The van der Waals surface area contributed by atoms with Gasteiger partial charge in [0.1, 0.15) is 5.82 Å². The molecule has 0 bridgehead atoms. The summed E-state index contributed by atoms with van der Waals surface area (Å²) in [6.07, 6.45) is 5.33. The fourth-order valence-corrected chi connectivity index (χ4v) is 5.41. The van der Waals surface area contributed by atoms with Crippen molar-refractivity contribution in [3.05, 3.63) is 54.1 Å². The molecule has 4 rings (SSSR count). The molecule has 8 nitrogen and oxygen atoms in total. The van der Waals surface area contributed by atoms with Crippen LogP contribution in [-0.2, 0) is 34.8 Å². The van der Waals surface area contributed by atoms with Crippen molar-refractivity contribution in [1.29, 1.82) is 0 Å². The van der Waals surface area contributed by atoms with Gasteiger partial charge in [0.15, 0.2) is 0 Å². The number of sulfonamides is 1. The van der Waals surface area contributed by atoms with Crippen molar-refractivity contribution in [2.45, 2.75) is 43.5 Å². The van der Waals surface area contributed by atoms with Gasteiger partial charge in [-0.25, -0.2) is 13.4 Å². The highest BCUT2D eigenvalue weighted by Gasteiger charge is 2.26. The average Bonchev–Trinajstić information content (AvgIpc) is 3.12. The molecule has 1 fully saturated rings. The SMILES string of the molecule is Cn1c(CCC(=O)NCc2ccccn2)nc2cc(S(=O)(=O)N3CCCCC3)ccc21. The zero-order valence-corrected chi connectivity index (χ0v) is 18.4. The van der Waals surface area contributed by atoms with E-state index in [1.54, 1.807) is 28.7 Å². The molecule has 1 aliphatic heterocycles. The Balaban J connectivity index is 1.44. The molecule has 0 atom stereocenters. The second kappa shape index (κ2) is 9.15. The molecule has 1 aromatic carbocycles. The van der Waals surface area contributed by atoms with E-state index in [0.29, 0.717) is 38.0 Å². The van der Waals surface area contributed by atoms with Crippen LogP contribution in [0, 0.1) is 0 Å². The fraction of sp³-hybridized carbons (Fsp3) is 0.409. The summed E-state index contributed by atoms with van der Waals surface area (Å²) >= 11 is 0. The van der Waals surface area contributed by atoms with Crippen LogP contribution in [0.25, 0.3) is 11.0 Å². The molecule has 0 radical (unpaired) electrons. The van der Waals surface area contributed by atoms with E-state index in [-0.39, 0.29) is 10.8 Å². The van der Waals surface area contributed by atoms with Crippen LogP contribution in [0.3, 0.4) is 0 Å². The van der Waals surface area contributed by atoms with Gasteiger partial charge in [-0.2, -0.15) is 4.31 Å². The quantitative estimate of drug-likeness (QED) is 0.607. The highest BCUT2D eigenvalue weighted by atomic mass is 32.2. The third-order valence-corrected chi connectivity index (χ3v) is 7.56. The smallest absolute Gasteiger partial charge is 0.243 e. The summed E-state index contributed by atoms with van der Waals surface area (Å²) in [6, 6.07) is 10.7. The molecule has 2 aromatic heterocycles. The van der Waals surface area contributed by atoms with E-state index >= 15 is 0 Å². The number of imidazole rings is 1. The van der Waals surface area contributed by atoms with E-state index in [0.717, 1.165) is 36.3 Å². The van der Waals surface area contributed by atoms with Crippen molar-refractivity contribution < 1.29 is 13.2 Å². The Morgan fingerprint density at radius 2 is 1.94 bits per heavy atom. The first-order valence-electron chi connectivity index (χ1n) is 10.6. The first-order chi connectivity index (χ1) is 14.9. The van der Waals surface area contributed by atoms with Crippen LogP contribution < -0.4 is 5.32 Å². The van der Waals surface area contributed by atoms with Crippen molar-refractivity contribution in [2.24, 2.45) is 7.05 Å². The molecule has 164 valence electrons. The van der Waals surface area contributed by atoms with E-state index in [1.807, 2.05) is 29.8 Å². The van der Waals surface area contributed by atoms with E-state index in [1.165, 1.54) is 0 Å². The zero-order chi connectivity index (χ0) is 21.8. The number of piperidine rings is 1. The van der Waals surface area contributed by atoms with Gasteiger partial charge in [-0.15, -0.1) is 0 Å². The van der Waals surface area contributed by atoms with Gasteiger partial charge >= 0.3 is 0 Å². The number of hydrogen-bond acceptors (Lipinski definition) is 5. The third-order valence-electron chi connectivity index (χ3n) is 5.67. The number of fused-ring (bicyclic) bond motifs is 1. The molecule has 1 saturated heterocycles. The molecule has 1 aliphatic rings. The molecule has 31 heavy (non-hydrogen) atoms. The minimum atomic E-state index is -3.50. The molecule has 0 spiro atoms. The van der Waals surface area contributed by atoms with Gasteiger partial charge in [0.05, 0.1) is 28.2 Å². The summed E-state index contributed by atoms with van der Waals surface area (Å²) in [4.78, 5) is 21.3. The number of aromatic nitrogens is 3. The Kier molecular flexibility index (Phi) is 6.33. The average molecular weight is 442 g/mol. The molecule has 1 amide bonds. The van der Waals surface area contributed by atoms with Gasteiger partial charge < -0.3 is 9.88 Å². The molecule has 0 unspecified atom stereocenters. The van der Waals surface area contributed by atoms with E-state index in [2.05, 4.69) is 15.3 Å². The summed E-state index contributed by atoms with van der Waals surface area (Å²) in [5.41, 5.74) is 2.28. The molecule has 3 aromatic rings. The maximum Gasteiger partial charge on any atom is 0.243 e. The van der Waals surface area contributed by atoms with Crippen molar-refractivity contribution in [3.63, 3.8) is 0 Å². The maximum absolute atomic E-state index is 13.0. The Hall–Kier alpha value is -2.78. The number of carbonyl (C=O) groups excluding carboxylic acids is 1. The van der Waals surface area contributed by atoms with Gasteiger partial charge in [-0.3, -0.25) is 9.78 Å². The van der Waals surface area contributed by atoms with Crippen LogP contribution >= 0.6 is 0 Å². The second-order valence-electron chi connectivity index (χ2n) is 7.80. The van der Waals surface area contributed by atoms with Crippen LogP contribution in [-0.4, -0.2) is 46.3 Å². The van der Waals surface area contributed by atoms with Crippen molar-refractivity contribution >= 4 is 27.0 Å². The minimum absolute atomic E-state index is 0.0777. The number of benzene rings is 1. The molecular formula is C22H27N5O3S. The Labute approximate surface area is 182 Å². The number of aryl methyl sites for hydroxylation is 2. The number of nitrogens with zero attached hydrogens (tertiary/aromatic N) is 4. The first-order valence-corrected chi connectivity index (χ1v) is 12.0. The summed E-state index contributed by atoms with van der Waals surface area (Å²) in [5.74, 6) is 0.668. The highest BCUT2D eigenvalue weighted by Crippen LogP contribution is 2.24. The molecule has 0 aliphatic carbocycles. The predicted octanol–water partition coefficient (Wildman–Crippen LogP) is 2.39. The van der Waals surface area contributed by atoms with Gasteiger partial charge in [0, 0.05) is 39.2 Å². The largest absolute Gasteiger partial charge is 0.350 e. The molecule has 1 N–H and O–H groups in total. The maximum atomic E-state index is 13.0. The van der Waals surface area contributed by atoms with Crippen molar-refractivity contribution in [2.75, 3.05) is 13.1 Å². The number of amides is 1. The topological polar surface area (TPSA) is 97.2 Å². The van der Waals surface area contributed by atoms with Gasteiger partial charge in [0.25, 0.3) is 0 Å². The Morgan fingerprint density at radius 1 is 1.13 bits per heavy atom. The van der Waals surface area contributed by atoms with E-state index in [4.69, 9.17) is 0 Å². The number of rotatable bonds is 7. The number of pyridine rings is 1. The molecular weight excluding hydrogens is 414 g/mol. The minimum Gasteiger partial charge on any atom is -0.350 e. The monoisotopic (exact) mass is 441 g/mol. The summed E-state index contributed by atoms with van der Waals surface area (Å²) in [5, 5.41) is 2.86. The van der Waals surface area contributed by atoms with Crippen molar-refractivity contribution in [3.8, 4) is 0 Å². The predicted molar refractivity (Wildman–Crippen MR) is 118 cm³/mol. The van der Waals surface area contributed by atoms with E-state index < -0.39 is 10.0 Å². The Morgan fingerprint density at radius 3 is 2.68 bits per heavy atom. The van der Waals surface area contributed by atoms with Crippen LogP contribution in [0.2, 0.25) is 0 Å². The van der Waals surface area contributed by atoms with Crippen LogP contribution in [0.5, 0.6) is 0 Å². The van der Waals surface area contributed by atoms with Gasteiger partial charge in [0.2, 0.25) is 15.9 Å². The first kappa shape index (κ1) is 21.5. The zero-order valence-electron chi connectivity index (χ0n) is 17.6. The van der Waals surface area contributed by atoms with E-state index in [9.17, 15) is 13.2 Å². The molecule has 3 heterocycles. The summed E-state index contributed by atoms with van der Waals surface area (Å²) in [7, 11) is -1.62. The van der Waals surface area contributed by atoms with Crippen LogP contribution in [0.1, 0.15) is 37.2 Å². The summed E-state index contributed by atoms with van der Waals surface area (Å²) in [6.45, 7) is 1.53. The molecule has 9 heteroatoms. The standard InChI is InChI=1S/C22H27N5O3S/c1-26-20-9-8-18(31(29,30)27-13-5-2-6-14-27)15-19(20)25-21(26)10-11-22(28)24-16-17-7-3-4-12-23-17/h3-4,7-9,12,15H,2,5-6,10-11,13-14,16H2,1H3,(H,24,28). The number of hydrogen-bond donors (Lipinski definition) is 1. The summed E-state index contributed by atoms with van der Waals surface area (Å²) < 4.78 is 29.4. The van der Waals surface area contributed by atoms with Gasteiger partial charge in [-0.1, -0.05) is 12.5 Å². The number of carbonyl (C=O) groups is 1. The molecule has 0 saturated carbocycles. The normalized spacial score (nSPS) is 15.3. The highest BCUT2D eigenvalue weighted by molar-refractivity contribution is 7.89. The third kappa shape index (κ3) is 4.77. The lowest BCUT2D eigenvalue weighted by atomic mass is 10.2. The lowest BCUT2D eigenvalue weighted by Gasteiger charge is -2.25. The second-order valence-corrected chi connectivity index (χ2v) is 9.74. The lowest BCUT2D eigenvalue weighted by Crippen LogP contribution is -2.35. The van der Waals surface area contributed by atoms with Crippen LogP contribution in [0.15, 0.2) is 47.5 Å². The van der Waals surface area contributed by atoms with Crippen LogP contribution in [0.4, 0.5) is 0 Å². The lowest BCUT2D eigenvalue weighted by molar-refractivity contribution is -0.121. The number of nitrogens with one attached hydrogen (secondary N) is 1. The fourth-order valence-electron chi connectivity index (χ4n) is 3.87. The van der Waals surface area contributed by atoms with Gasteiger partial charge in [-0.05, 0) is 43.2 Å².